The molecule has 7 nitrogen and oxygen atoms in total. The third-order valence-electron chi connectivity index (χ3n) is 3.86. The Bertz CT molecular complexity index is 446. The molecule has 23 heavy (non-hydrogen) atoms. The second kappa shape index (κ2) is 10.0. The summed E-state index contributed by atoms with van der Waals surface area (Å²) in [6, 6.07) is -1.43. The van der Waals surface area contributed by atoms with Crippen molar-refractivity contribution in [1.29, 1.82) is 0 Å². The first-order valence-electron chi connectivity index (χ1n) is 7.47. The largest absolute Gasteiger partial charge is 0.377 e. The molecule has 127 valence electrons. The van der Waals surface area contributed by atoms with Gasteiger partial charge in [0, 0.05) is 38.8 Å². The number of hydrogen-bond donors (Lipinski definition) is 3. The van der Waals surface area contributed by atoms with Crippen molar-refractivity contribution in [2.45, 2.75) is 51.5 Å². The fourth-order valence-electron chi connectivity index (χ4n) is 2.75. The van der Waals surface area contributed by atoms with Gasteiger partial charge in [-0.3, -0.25) is 20.2 Å². The third-order valence-corrected chi connectivity index (χ3v) is 3.86. The molecule has 0 aromatic carbocycles. The van der Waals surface area contributed by atoms with Crippen LogP contribution in [0.4, 0.5) is 4.79 Å². The van der Waals surface area contributed by atoms with E-state index in [-0.39, 0.29) is 32.7 Å². The Labute approximate surface area is 162 Å². The maximum Gasteiger partial charge on any atom is 0.328 e. The van der Waals surface area contributed by atoms with Crippen molar-refractivity contribution < 1.29 is 51.9 Å². The number of unbranched alkanes of at least 4 members (excludes halogenated alkanes) is 2. The molecule has 1 radical (unpaired) electrons. The van der Waals surface area contributed by atoms with Crippen LogP contribution in [0.25, 0.3) is 0 Å². The summed E-state index contributed by atoms with van der Waals surface area (Å²) in [5, 5.41) is 6.62. The fraction of sp³-hybridized carbons (Fsp3) is 0.600. The van der Waals surface area contributed by atoms with Crippen LogP contribution in [0.3, 0.4) is 0 Å². The molecule has 1 atom stereocenters. The van der Waals surface area contributed by atoms with Crippen molar-refractivity contribution in [3.8, 4) is 0 Å². The van der Waals surface area contributed by atoms with Crippen LogP contribution in [0, 0.1) is 19.3 Å². The van der Waals surface area contributed by atoms with Gasteiger partial charge in [-0.25, -0.2) is 4.79 Å². The van der Waals surface area contributed by atoms with Crippen molar-refractivity contribution in [2.75, 3.05) is 0 Å². The molecule has 2 fully saturated rings. The van der Waals surface area contributed by atoms with Crippen molar-refractivity contribution >= 4 is 23.8 Å². The zero-order valence-corrected chi connectivity index (χ0v) is 16.3. The van der Waals surface area contributed by atoms with Gasteiger partial charge in [0.15, 0.2) is 0 Å². The van der Waals surface area contributed by atoms with E-state index in [9.17, 15) is 19.2 Å². The Kier molecular flexibility index (Phi) is 9.62. The van der Waals surface area contributed by atoms with Gasteiger partial charge in [-0.05, 0) is 19.3 Å². The summed E-state index contributed by atoms with van der Waals surface area (Å²) in [6.45, 7) is 9.01. The Morgan fingerprint density at radius 1 is 1.30 bits per heavy atom. The number of barbiturate groups is 1. The topological polar surface area (TPSA) is 104 Å². The minimum atomic E-state index is -1.37. The van der Waals surface area contributed by atoms with E-state index in [1.165, 1.54) is 12.8 Å². The molecule has 1 aliphatic carbocycles. The van der Waals surface area contributed by atoms with Crippen molar-refractivity contribution in [2.24, 2.45) is 5.41 Å². The number of nitrogens with one attached hydrogen (secondary N) is 3. The number of urea groups is 1. The average Bonchev–Trinajstić information content (AvgIpc) is 2.82. The molecule has 1 saturated carbocycles. The maximum absolute atomic E-state index is 11.9. The summed E-state index contributed by atoms with van der Waals surface area (Å²) < 4.78 is 0. The molecule has 1 saturated heterocycles. The predicted octanol–water partition coefficient (Wildman–Crippen LogP) is 0.850. The van der Waals surface area contributed by atoms with Gasteiger partial charge in [0.1, 0.15) is 5.41 Å². The van der Waals surface area contributed by atoms with E-state index in [1.807, 2.05) is 0 Å². The number of amides is 5. The summed E-state index contributed by atoms with van der Waals surface area (Å²) >= 11 is 0. The summed E-state index contributed by atoms with van der Waals surface area (Å²) in [5.74, 6) is -1.85. The molecule has 1 heterocycles. The van der Waals surface area contributed by atoms with Crippen molar-refractivity contribution in [3.05, 3.63) is 13.8 Å². The molecule has 0 aromatic heterocycles. The van der Waals surface area contributed by atoms with Gasteiger partial charge in [-0.15, -0.1) is 0 Å². The zero-order chi connectivity index (χ0) is 16.8. The van der Waals surface area contributed by atoms with Crippen LogP contribution in [-0.4, -0.2) is 29.8 Å². The van der Waals surface area contributed by atoms with Crippen molar-refractivity contribution in [3.63, 3.8) is 0 Å². The molecule has 2 aliphatic rings. The van der Waals surface area contributed by atoms with Crippen LogP contribution in [0.15, 0.2) is 0 Å². The van der Waals surface area contributed by atoms with Gasteiger partial charge in [-0.1, -0.05) is 19.8 Å². The quantitative estimate of drug-likeness (QED) is 0.484. The molecular formula is C15H23N3O4Y-2. The summed E-state index contributed by atoms with van der Waals surface area (Å²) in [6.07, 6.45) is 5.10. The van der Waals surface area contributed by atoms with E-state index in [2.05, 4.69) is 36.7 Å². The Hall–Kier alpha value is -0.946. The third kappa shape index (κ3) is 5.28. The van der Waals surface area contributed by atoms with Gasteiger partial charge in [-0.2, -0.15) is 6.42 Å². The summed E-state index contributed by atoms with van der Waals surface area (Å²) in [7, 11) is 0. The second-order valence-corrected chi connectivity index (χ2v) is 5.43. The predicted molar refractivity (Wildman–Crippen MR) is 80.1 cm³/mol. The van der Waals surface area contributed by atoms with Gasteiger partial charge >= 0.3 is 6.03 Å². The first kappa shape index (κ1) is 22.1. The molecule has 1 unspecified atom stereocenters. The van der Waals surface area contributed by atoms with E-state index >= 15 is 0 Å². The Morgan fingerprint density at radius 3 is 2.26 bits per heavy atom. The standard InChI is InChI=1S/C10H12N3O4.C5H11.Y/c1-5(14)11-6-3-2-4-10(6)7(15)12-9(17)13-8(10)16;1-3-5-4-2;/h6H,1-4H2,(H,11,14)(H2,12,13,15,16,17);1,3-5H2,2H3;/q2*-1;. The van der Waals surface area contributed by atoms with Crippen LogP contribution in [0.5, 0.6) is 0 Å². The molecule has 8 heteroatoms. The van der Waals surface area contributed by atoms with E-state index in [0.29, 0.717) is 19.3 Å². The Balaban J connectivity index is 0.000000709. The van der Waals surface area contributed by atoms with Gasteiger partial charge in [0.05, 0.1) is 5.91 Å². The molecule has 2 rings (SSSR count). The molecule has 3 N–H and O–H groups in total. The monoisotopic (exact) mass is 398 g/mol. The number of carbonyl (C=O) groups is 4. The number of hydrogen-bond acceptors (Lipinski definition) is 4. The van der Waals surface area contributed by atoms with Crippen LogP contribution in [0.1, 0.15) is 45.4 Å². The molecule has 1 spiro atoms. The Morgan fingerprint density at radius 2 is 1.87 bits per heavy atom. The first-order chi connectivity index (χ1) is 10.4. The number of rotatable bonds is 3. The molecular weight excluding hydrogens is 375 g/mol. The average molecular weight is 398 g/mol. The molecule has 5 amide bonds. The van der Waals surface area contributed by atoms with E-state index in [1.54, 1.807) is 0 Å². The molecule has 1 aliphatic heterocycles. The summed E-state index contributed by atoms with van der Waals surface area (Å²) in [5.41, 5.74) is -1.37. The van der Waals surface area contributed by atoms with Gasteiger partial charge in [0.25, 0.3) is 0 Å². The van der Waals surface area contributed by atoms with Crippen LogP contribution >= 0.6 is 0 Å². The van der Waals surface area contributed by atoms with E-state index < -0.39 is 35.2 Å². The minimum absolute atomic E-state index is 0. The van der Waals surface area contributed by atoms with Gasteiger partial charge < -0.3 is 24.0 Å². The molecule has 0 aromatic rings. The normalized spacial score (nSPS) is 21.5. The van der Waals surface area contributed by atoms with E-state index in [4.69, 9.17) is 0 Å². The van der Waals surface area contributed by atoms with Crippen LogP contribution in [0.2, 0.25) is 0 Å². The van der Waals surface area contributed by atoms with Crippen molar-refractivity contribution in [1.82, 2.24) is 16.0 Å². The SMILES string of the molecule is [CH2-]C(=O)NC1CCCC12C(=O)NC(=O)NC2=O.[CH2-]CCCC.[Y]. The van der Waals surface area contributed by atoms with Crippen LogP contribution in [-0.2, 0) is 47.1 Å². The first-order valence-corrected chi connectivity index (χ1v) is 7.47. The second-order valence-electron chi connectivity index (χ2n) is 5.43. The summed E-state index contributed by atoms with van der Waals surface area (Å²) in [4.78, 5) is 45.7. The van der Waals surface area contributed by atoms with E-state index in [0.717, 1.165) is 6.42 Å². The smallest absolute Gasteiger partial charge is 0.328 e. The number of carbonyl (C=O) groups excluding carboxylic acids is 4. The molecule has 0 bridgehead atoms. The minimum Gasteiger partial charge on any atom is -0.377 e. The zero-order valence-electron chi connectivity index (χ0n) is 13.4. The maximum atomic E-state index is 11.9. The fourth-order valence-corrected chi connectivity index (χ4v) is 2.75. The van der Waals surface area contributed by atoms with Gasteiger partial charge in [0.2, 0.25) is 11.8 Å². The van der Waals surface area contributed by atoms with Crippen LogP contribution < -0.4 is 16.0 Å². The number of imide groups is 2.